The zero-order chi connectivity index (χ0) is 10.9. The Bertz CT molecular complexity index is 259. The lowest BCUT2D eigenvalue weighted by Gasteiger charge is -2.05. The Morgan fingerprint density at radius 3 is 2.47 bits per heavy atom. The molecule has 0 bridgehead atoms. The Labute approximate surface area is 91.6 Å². The van der Waals surface area contributed by atoms with Crippen molar-refractivity contribution < 1.29 is 4.74 Å². The molecule has 0 aliphatic rings. The molecule has 0 aliphatic heterocycles. The molecule has 0 aliphatic carbocycles. The molecule has 0 unspecified atom stereocenters. The van der Waals surface area contributed by atoms with Crippen LogP contribution in [0.15, 0.2) is 24.3 Å². The van der Waals surface area contributed by atoms with Crippen molar-refractivity contribution in [2.75, 3.05) is 26.8 Å². The topological polar surface area (TPSA) is 47.3 Å². The molecule has 0 saturated carbocycles. The van der Waals surface area contributed by atoms with Crippen LogP contribution in [-0.4, -0.2) is 26.8 Å². The lowest BCUT2D eigenvalue weighted by Crippen LogP contribution is -2.18. The molecule has 0 aromatic heterocycles. The molecule has 3 heteroatoms. The third kappa shape index (κ3) is 4.93. The Hall–Kier alpha value is -0.900. The van der Waals surface area contributed by atoms with E-state index in [1.807, 2.05) is 0 Å². The van der Waals surface area contributed by atoms with E-state index >= 15 is 0 Å². The molecule has 84 valence electrons. The van der Waals surface area contributed by atoms with E-state index in [9.17, 15) is 0 Å². The first-order valence-electron chi connectivity index (χ1n) is 5.34. The molecule has 0 radical (unpaired) electrons. The minimum atomic E-state index is 0.714. The van der Waals surface area contributed by atoms with Gasteiger partial charge in [0.25, 0.3) is 0 Å². The van der Waals surface area contributed by atoms with Crippen molar-refractivity contribution in [2.45, 2.75) is 13.0 Å². The zero-order valence-electron chi connectivity index (χ0n) is 9.33. The van der Waals surface area contributed by atoms with E-state index in [1.54, 1.807) is 7.11 Å². The van der Waals surface area contributed by atoms with Crippen LogP contribution in [-0.2, 0) is 17.7 Å². The average Bonchev–Trinajstić information content (AvgIpc) is 2.27. The number of hydrogen-bond donors (Lipinski definition) is 2. The molecule has 0 amide bonds. The minimum absolute atomic E-state index is 0.714. The van der Waals surface area contributed by atoms with Crippen LogP contribution in [0.3, 0.4) is 0 Å². The van der Waals surface area contributed by atoms with Crippen molar-refractivity contribution in [3.05, 3.63) is 35.4 Å². The van der Waals surface area contributed by atoms with E-state index in [0.29, 0.717) is 6.54 Å². The maximum Gasteiger partial charge on any atom is 0.0587 e. The Morgan fingerprint density at radius 2 is 1.87 bits per heavy atom. The lowest BCUT2D eigenvalue weighted by atomic mass is 10.1. The zero-order valence-corrected chi connectivity index (χ0v) is 9.33. The highest BCUT2D eigenvalue weighted by atomic mass is 16.5. The van der Waals surface area contributed by atoms with E-state index < -0.39 is 0 Å². The van der Waals surface area contributed by atoms with Crippen LogP contribution in [0.4, 0.5) is 0 Å². The first kappa shape index (κ1) is 12.2. The van der Waals surface area contributed by atoms with E-state index in [1.165, 1.54) is 11.1 Å². The van der Waals surface area contributed by atoms with Gasteiger partial charge in [0, 0.05) is 20.2 Å². The van der Waals surface area contributed by atoms with Gasteiger partial charge in [-0.05, 0) is 24.1 Å². The molecule has 1 aromatic rings. The largest absolute Gasteiger partial charge is 0.383 e. The third-order valence-electron chi connectivity index (χ3n) is 2.27. The van der Waals surface area contributed by atoms with E-state index in [2.05, 4.69) is 29.6 Å². The van der Waals surface area contributed by atoms with Gasteiger partial charge in [-0.15, -0.1) is 0 Å². The molecule has 0 spiro atoms. The van der Waals surface area contributed by atoms with Gasteiger partial charge in [-0.1, -0.05) is 24.3 Å². The van der Waals surface area contributed by atoms with Crippen LogP contribution in [0.2, 0.25) is 0 Å². The van der Waals surface area contributed by atoms with Crippen LogP contribution in [0.25, 0.3) is 0 Å². The van der Waals surface area contributed by atoms with Crippen molar-refractivity contribution in [1.29, 1.82) is 0 Å². The second-order valence-corrected chi connectivity index (χ2v) is 3.52. The van der Waals surface area contributed by atoms with Crippen molar-refractivity contribution in [2.24, 2.45) is 5.73 Å². The molecule has 1 aromatic carbocycles. The smallest absolute Gasteiger partial charge is 0.0587 e. The van der Waals surface area contributed by atoms with Gasteiger partial charge >= 0.3 is 0 Å². The number of hydrogen-bond acceptors (Lipinski definition) is 3. The summed E-state index contributed by atoms with van der Waals surface area (Å²) in [6.07, 6.45) is 0.956. The first-order chi connectivity index (χ1) is 7.36. The van der Waals surface area contributed by atoms with Crippen LogP contribution < -0.4 is 11.1 Å². The summed E-state index contributed by atoms with van der Waals surface area (Å²) in [4.78, 5) is 0. The van der Waals surface area contributed by atoms with E-state index in [-0.39, 0.29) is 0 Å². The maximum absolute atomic E-state index is 5.49. The van der Waals surface area contributed by atoms with E-state index in [0.717, 1.165) is 26.1 Å². The molecule has 0 saturated heterocycles. The molecule has 0 fully saturated rings. The second kappa shape index (κ2) is 7.40. The summed E-state index contributed by atoms with van der Waals surface area (Å²) in [5.74, 6) is 0. The minimum Gasteiger partial charge on any atom is -0.383 e. The molecule has 0 heterocycles. The van der Waals surface area contributed by atoms with Crippen LogP contribution in [0, 0.1) is 0 Å². The Balaban J connectivity index is 2.29. The van der Waals surface area contributed by atoms with Crippen LogP contribution >= 0.6 is 0 Å². The number of rotatable bonds is 7. The van der Waals surface area contributed by atoms with Gasteiger partial charge < -0.3 is 15.8 Å². The van der Waals surface area contributed by atoms with Crippen molar-refractivity contribution in [3.63, 3.8) is 0 Å². The highest BCUT2D eigenvalue weighted by molar-refractivity contribution is 5.22. The van der Waals surface area contributed by atoms with Crippen LogP contribution in [0.5, 0.6) is 0 Å². The molecule has 3 nitrogen and oxygen atoms in total. The van der Waals surface area contributed by atoms with Gasteiger partial charge in [0.15, 0.2) is 0 Å². The van der Waals surface area contributed by atoms with E-state index in [4.69, 9.17) is 10.5 Å². The summed E-state index contributed by atoms with van der Waals surface area (Å²) in [7, 11) is 1.71. The predicted molar refractivity (Wildman–Crippen MR) is 62.8 cm³/mol. The third-order valence-corrected chi connectivity index (χ3v) is 2.27. The summed E-state index contributed by atoms with van der Waals surface area (Å²) in [5.41, 5.74) is 8.09. The van der Waals surface area contributed by atoms with Gasteiger partial charge in [-0.25, -0.2) is 0 Å². The monoisotopic (exact) mass is 208 g/mol. The van der Waals surface area contributed by atoms with Crippen LogP contribution in [0.1, 0.15) is 11.1 Å². The molecule has 15 heavy (non-hydrogen) atoms. The SMILES string of the molecule is COCCNCc1ccc(CCN)cc1. The molecular formula is C12H20N2O. The van der Waals surface area contributed by atoms with Gasteiger partial charge in [0.05, 0.1) is 6.61 Å². The Kier molecular flexibility index (Phi) is 6.00. The number of nitrogens with one attached hydrogen (secondary N) is 1. The number of methoxy groups -OCH3 is 1. The number of benzene rings is 1. The second-order valence-electron chi connectivity index (χ2n) is 3.52. The Morgan fingerprint density at radius 1 is 1.20 bits per heavy atom. The molecule has 1 rings (SSSR count). The summed E-state index contributed by atoms with van der Waals surface area (Å²) in [6, 6.07) is 8.57. The summed E-state index contributed by atoms with van der Waals surface area (Å²) < 4.78 is 4.95. The highest BCUT2D eigenvalue weighted by Crippen LogP contribution is 2.04. The van der Waals surface area contributed by atoms with Gasteiger partial charge in [-0.2, -0.15) is 0 Å². The summed E-state index contributed by atoms with van der Waals surface area (Å²) in [5, 5.41) is 3.30. The van der Waals surface area contributed by atoms with Crippen molar-refractivity contribution >= 4 is 0 Å². The fraction of sp³-hybridized carbons (Fsp3) is 0.500. The maximum atomic E-state index is 5.49. The molecular weight excluding hydrogens is 188 g/mol. The highest BCUT2D eigenvalue weighted by Gasteiger charge is 1.94. The number of ether oxygens (including phenoxy) is 1. The van der Waals surface area contributed by atoms with Gasteiger partial charge in [-0.3, -0.25) is 0 Å². The van der Waals surface area contributed by atoms with Gasteiger partial charge in [0.1, 0.15) is 0 Å². The van der Waals surface area contributed by atoms with Crippen molar-refractivity contribution in [3.8, 4) is 0 Å². The summed E-state index contributed by atoms with van der Waals surface area (Å²) >= 11 is 0. The van der Waals surface area contributed by atoms with Crippen molar-refractivity contribution in [1.82, 2.24) is 5.32 Å². The fourth-order valence-corrected chi connectivity index (χ4v) is 1.40. The van der Waals surface area contributed by atoms with Gasteiger partial charge in [0.2, 0.25) is 0 Å². The lowest BCUT2D eigenvalue weighted by molar-refractivity contribution is 0.199. The molecule has 0 atom stereocenters. The fourth-order valence-electron chi connectivity index (χ4n) is 1.40. The number of nitrogens with two attached hydrogens (primary N) is 1. The average molecular weight is 208 g/mol. The molecule has 3 N–H and O–H groups in total. The normalized spacial score (nSPS) is 10.5. The standard InChI is InChI=1S/C12H20N2O/c1-15-9-8-14-10-12-4-2-11(3-5-12)6-7-13/h2-5,14H,6-10,13H2,1H3. The predicted octanol–water partition coefficient (Wildman–Crippen LogP) is 0.924. The first-order valence-corrected chi connectivity index (χ1v) is 5.34. The quantitative estimate of drug-likeness (QED) is 0.655. The summed E-state index contributed by atoms with van der Waals surface area (Å²) in [6.45, 7) is 3.25.